The van der Waals surface area contributed by atoms with E-state index >= 15 is 0 Å². The lowest BCUT2D eigenvalue weighted by molar-refractivity contribution is 0.318. The molecule has 2 aliphatic rings. The Morgan fingerprint density at radius 2 is 2.29 bits per heavy atom. The molecule has 0 amide bonds. The maximum Gasteiger partial charge on any atom is 0.223 e. The molecule has 0 aromatic carbocycles. The molecule has 3 N–H and O–H groups in total. The molecule has 4 rings (SSSR count). The highest BCUT2D eigenvalue weighted by Crippen LogP contribution is 2.34. The number of aromatic nitrogens is 2. The molecule has 0 bridgehead atoms. The van der Waals surface area contributed by atoms with Gasteiger partial charge in [0.25, 0.3) is 0 Å². The highest BCUT2D eigenvalue weighted by atomic mass is 32.1. The summed E-state index contributed by atoms with van der Waals surface area (Å²) in [7, 11) is 0. The number of nitrogen functional groups attached to an aromatic ring is 1. The van der Waals surface area contributed by atoms with Gasteiger partial charge >= 0.3 is 0 Å². The number of thiophene rings is 1. The third-order valence-corrected chi connectivity index (χ3v) is 5.91. The lowest BCUT2D eigenvalue weighted by atomic mass is 10.1. The van der Waals surface area contributed by atoms with Crippen molar-refractivity contribution in [2.75, 3.05) is 24.1 Å². The second kappa shape index (κ2) is 5.10. The lowest BCUT2D eigenvalue weighted by Gasteiger charge is -2.22. The molecular weight excluding hydrogens is 282 g/mol. The predicted octanol–water partition coefficient (Wildman–Crippen LogP) is 2.48. The van der Waals surface area contributed by atoms with Crippen molar-refractivity contribution in [2.45, 2.75) is 44.7 Å². The van der Waals surface area contributed by atoms with Gasteiger partial charge in [-0.05, 0) is 38.3 Å². The maximum absolute atomic E-state index is 5.89. The summed E-state index contributed by atoms with van der Waals surface area (Å²) in [6.07, 6.45) is 4.84. The standard InChI is InChI=1S/C15H21N5S/c1-2-9-8-10-13(18-15(16)19-14(10)21-9)17-11-5-7-20-6-3-4-12(11)20/h8,11-12H,2-7H2,1H3,(H3,16,17,18,19). The Balaban J connectivity index is 1.67. The Labute approximate surface area is 128 Å². The van der Waals surface area contributed by atoms with Gasteiger partial charge in [0.1, 0.15) is 10.6 Å². The Kier molecular flexibility index (Phi) is 3.23. The average Bonchev–Trinajstić information content (AvgIpc) is 3.14. The van der Waals surface area contributed by atoms with Crippen molar-refractivity contribution in [2.24, 2.45) is 0 Å². The normalized spacial score (nSPS) is 25.6. The first-order valence-corrected chi connectivity index (χ1v) is 8.63. The SMILES string of the molecule is CCc1cc2c(NC3CCN4CCCC34)nc(N)nc2s1. The van der Waals surface area contributed by atoms with Gasteiger partial charge in [-0.3, -0.25) is 4.90 Å². The zero-order chi connectivity index (χ0) is 14.4. The quantitative estimate of drug-likeness (QED) is 0.912. The minimum absolute atomic E-state index is 0.371. The van der Waals surface area contributed by atoms with Crippen LogP contribution in [0.1, 0.15) is 31.1 Å². The van der Waals surface area contributed by atoms with Crippen LogP contribution in [0.3, 0.4) is 0 Å². The van der Waals surface area contributed by atoms with Gasteiger partial charge in [0.05, 0.1) is 5.39 Å². The third kappa shape index (κ3) is 2.26. The molecule has 6 heteroatoms. The van der Waals surface area contributed by atoms with E-state index in [0.29, 0.717) is 18.0 Å². The molecular formula is C15H21N5S. The first-order chi connectivity index (χ1) is 10.2. The van der Waals surface area contributed by atoms with Crippen LogP contribution in [0.25, 0.3) is 10.2 Å². The lowest BCUT2D eigenvalue weighted by Crippen LogP contribution is -2.34. The fourth-order valence-electron chi connectivity index (χ4n) is 3.70. The van der Waals surface area contributed by atoms with Gasteiger partial charge in [-0.25, -0.2) is 4.98 Å². The number of hydrogen-bond acceptors (Lipinski definition) is 6. The number of nitrogens with two attached hydrogens (primary N) is 1. The zero-order valence-corrected chi connectivity index (χ0v) is 13.1. The summed E-state index contributed by atoms with van der Waals surface area (Å²) in [5.74, 6) is 1.29. The van der Waals surface area contributed by atoms with Gasteiger partial charge in [-0.15, -0.1) is 11.3 Å². The summed E-state index contributed by atoms with van der Waals surface area (Å²) in [4.78, 5) is 13.8. The fraction of sp³-hybridized carbons (Fsp3) is 0.600. The van der Waals surface area contributed by atoms with E-state index in [1.165, 1.54) is 37.2 Å². The molecule has 2 aromatic heterocycles. The summed E-state index contributed by atoms with van der Waals surface area (Å²) >= 11 is 1.72. The number of aryl methyl sites for hydroxylation is 1. The smallest absolute Gasteiger partial charge is 0.223 e. The van der Waals surface area contributed by atoms with Crippen LogP contribution in [0.4, 0.5) is 11.8 Å². The summed E-state index contributed by atoms with van der Waals surface area (Å²) in [5.41, 5.74) is 5.89. The van der Waals surface area contributed by atoms with Crippen molar-refractivity contribution >= 4 is 33.3 Å². The second-order valence-corrected chi connectivity index (χ2v) is 7.12. The van der Waals surface area contributed by atoms with Crippen LogP contribution in [0.5, 0.6) is 0 Å². The number of rotatable bonds is 3. The van der Waals surface area contributed by atoms with Crippen LogP contribution in [-0.2, 0) is 6.42 Å². The van der Waals surface area contributed by atoms with E-state index in [1.54, 1.807) is 11.3 Å². The van der Waals surface area contributed by atoms with Gasteiger partial charge in [-0.1, -0.05) is 6.92 Å². The number of anilines is 2. The number of hydrogen-bond donors (Lipinski definition) is 2. The van der Waals surface area contributed by atoms with Crippen molar-refractivity contribution in [1.82, 2.24) is 14.9 Å². The van der Waals surface area contributed by atoms with Crippen molar-refractivity contribution in [3.05, 3.63) is 10.9 Å². The van der Waals surface area contributed by atoms with Gasteiger partial charge in [0, 0.05) is 23.5 Å². The topological polar surface area (TPSA) is 67.1 Å². The Morgan fingerprint density at radius 3 is 3.14 bits per heavy atom. The summed E-state index contributed by atoms with van der Waals surface area (Å²) in [5, 5.41) is 4.79. The first-order valence-electron chi connectivity index (χ1n) is 7.81. The molecule has 2 aliphatic heterocycles. The number of nitrogens with one attached hydrogen (secondary N) is 1. The van der Waals surface area contributed by atoms with E-state index in [2.05, 4.69) is 33.2 Å². The van der Waals surface area contributed by atoms with Gasteiger partial charge < -0.3 is 11.1 Å². The Morgan fingerprint density at radius 1 is 1.38 bits per heavy atom. The molecule has 2 fully saturated rings. The van der Waals surface area contributed by atoms with Crippen LogP contribution >= 0.6 is 11.3 Å². The summed E-state index contributed by atoms with van der Waals surface area (Å²) in [6, 6.07) is 3.37. The van der Waals surface area contributed by atoms with E-state index in [0.717, 1.165) is 22.5 Å². The minimum Gasteiger partial charge on any atom is -0.368 e. The first kappa shape index (κ1) is 13.3. The number of nitrogens with zero attached hydrogens (tertiary/aromatic N) is 3. The van der Waals surface area contributed by atoms with Crippen molar-refractivity contribution in [1.29, 1.82) is 0 Å². The molecule has 2 unspecified atom stereocenters. The number of fused-ring (bicyclic) bond motifs is 2. The molecule has 4 heterocycles. The molecule has 0 spiro atoms. The van der Waals surface area contributed by atoms with Crippen LogP contribution in [0.2, 0.25) is 0 Å². The van der Waals surface area contributed by atoms with Crippen LogP contribution < -0.4 is 11.1 Å². The maximum atomic E-state index is 5.89. The van der Waals surface area contributed by atoms with E-state index < -0.39 is 0 Å². The van der Waals surface area contributed by atoms with E-state index in [1.807, 2.05) is 0 Å². The Bertz CT molecular complexity index is 667. The van der Waals surface area contributed by atoms with Crippen LogP contribution in [-0.4, -0.2) is 40.0 Å². The van der Waals surface area contributed by atoms with E-state index in [9.17, 15) is 0 Å². The summed E-state index contributed by atoms with van der Waals surface area (Å²) < 4.78 is 0. The molecule has 0 radical (unpaired) electrons. The summed E-state index contributed by atoms with van der Waals surface area (Å²) in [6.45, 7) is 4.63. The van der Waals surface area contributed by atoms with Gasteiger partial charge in [0.2, 0.25) is 5.95 Å². The highest BCUT2D eigenvalue weighted by molar-refractivity contribution is 7.18. The van der Waals surface area contributed by atoms with E-state index in [-0.39, 0.29) is 0 Å². The fourth-order valence-corrected chi connectivity index (χ4v) is 4.67. The zero-order valence-electron chi connectivity index (χ0n) is 12.3. The molecule has 2 atom stereocenters. The molecule has 112 valence electrons. The highest BCUT2D eigenvalue weighted by Gasteiger charge is 2.37. The van der Waals surface area contributed by atoms with Crippen LogP contribution in [0, 0.1) is 0 Å². The minimum atomic E-state index is 0.371. The van der Waals surface area contributed by atoms with Gasteiger partial charge in [-0.2, -0.15) is 4.98 Å². The molecule has 0 saturated carbocycles. The average molecular weight is 303 g/mol. The van der Waals surface area contributed by atoms with Crippen LogP contribution in [0.15, 0.2) is 6.07 Å². The van der Waals surface area contributed by atoms with Crippen molar-refractivity contribution in [3.63, 3.8) is 0 Å². The van der Waals surface area contributed by atoms with E-state index in [4.69, 9.17) is 5.73 Å². The van der Waals surface area contributed by atoms with Crippen molar-refractivity contribution in [3.8, 4) is 0 Å². The van der Waals surface area contributed by atoms with Crippen molar-refractivity contribution < 1.29 is 0 Å². The third-order valence-electron chi connectivity index (χ3n) is 4.74. The monoisotopic (exact) mass is 303 g/mol. The second-order valence-electron chi connectivity index (χ2n) is 6.00. The molecule has 21 heavy (non-hydrogen) atoms. The molecule has 2 saturated heterocycles. The van der Waals surface area contributed by atoms with Gasteiger partial charge in [0.15, 0.2) is 0 Å². The molecule has 0 aliphatic carbocycles. The molecule has 5 nitrogen and oxygen atoms in total. The predicted molar refractivity (Wildman–Crippen MR) is 87.8 cm³/mol. The largest absolute Gasteiger partial charge is 0.368 e. The molecule has 2 aromatic rings. The Hall–Kier alpha value is -1.40.